The summed E-state index contributed by atoms with van der Waals surface area (Å²) in [4.78, 5) is 13.4. The predicted octanol–water partition coefficient (Wildman–Crippen LogP) is 0.818. The van der Waals surface area contributed by atoms with Gasteiger partial charge in [-0.15, -0.1) is 0 Å². The first-order valence-electron chi connectivity index (χ1n) is 6.24. The summed E-state index contributed by atoms with van der Waals surface area (Å²) in [5, 5.41) is 2.95. The molecular formula is C12H27N3O. The third-order valence-electron chi connectivity index (χ3n) is 3.14. The molecule has 0 bridgehead atoms. The first-order chi connectivity index (χ1) is 7.54. The van der Waals surface area contributed by atoms with Crippen LogP contribution in [0, 0.1) is 5.92 Å². The zero-order valence-electron chi connectivity index (χ0n) is 11.1. The zero-order valence-corrected chi connectivity index (χ0v) is 11.1. The highest BCUT2D eigenvalue weighted by molar-refractivity contribution is 5.79. The van der Waals surface area contributed by atoms with Gasteiger partial charge in [0.2, 0.25) is 5.91 Å². The highest BCUT2D eigenvalue weighted by atomic mass is 16.1. The van der Waals surface area contributed by atoms with E-state index < -0.39 is 0 Å². The molecule has 0 aromatic carbocycles. The minimum absolute atomic E-state index is 0.203. The Bertz CT molecular complexity index is 197. The largest absolute Gasteiger partial charge is 0.368 e. The number of hydrogen-bond donors (Lipinski definition) is 2. The average molecular weight is 229 g/mol. The van der Waals surface area contributed by atoms with Crippen LogP contribution in [-0.2, 0) is 4.79 Å². The number of nitrogens with two attached hydrogens (primary N) is 1. The second-order valence-corrected chi connectivity index (χ2v) is 4.44. The Kier molecular flexibility index (Phi) is 8.21. The van der Waals surface area contributed by atoms with Crippen LogP contribution in [0.25, 0.3) is 0 Å². The lowest BCUT2D eigenvalue weighted by Gasteiger charge is -2.25. The lowest BCUT2D eigenvalue weighted by Crippen LogP contribution is -2.42. The number of likely N-dealkylation sites (N-methyl/N-ethyl adjacent to an activating group) is 1. The Morgan fingerprint density at radius 1 is 1.44 bits per heavy atom. The molecule has 4 nitrogen and oxygen atoms in total. The van der Waals surface area contributed by atoms with E-state index in [-0.39, 0.29) is 11.9 Å². The van der Waals surface area contributed by atoms with E-state index in [1.54, 1.807) is 7.05 Å². The molecule has 0 heterocycles. The van der Waals surface area contributed by atoms with E-state index in [1.165, 1.54) is 6.42 Å². The van der Waals surface area contributed by atoms with Crippen LogP contribution in [-0.4, -0.2) is 43.5 Å². The van der Waals surface area contributed by atoms with Gasteiger partial charge >= 0.3 is 0 Å². The Morgan fingerprint density at radius 3 is 2.44 bits per heavy atom. The molecule has 96 valence electrons. The van der Waals surface area contributed by atoms with Crippen molar-refractivity contribution in [2.45, 2.75) is 39.7 Å². The molecule has 0 radical (unpaired) electrons. The number of carbonyl (C=O) groups is 1. The lowest BCUT2D eigenvalue weighted by atomic mass is 10.1. The molecule has 0 saturated heterocycles. The summed E-state index contributed by atoms with van der Waals surface area (Å²) in [6.45, 7) is 9.67. The third-order valence-corrected chi connectivity index (χ3v) is 3.14. The van der Waals surface area contributed by atoms with Crippen molar-refractivity contribution in [1.29, 1.82) is 0 Å². The Hall–Kier alpha value is -0.610. The summed E-state index contributed by atoms with van der Waals surface area (Å²) < 4.78 is 0. The number of carbonyl (C=O) groups excluding carboxylic acids is 1. The van der Waals surface area contributed by atoms with Crippen LogP contribution < -0.4 is 11.1 Å². The first-order valence-corrected chi connectivity index (χ1v) is 6.24. The summed E-state index contributed by atoms with van der Waals surface area (Å²) in [5.74, 6) is 0.448. The van der Waals surface area contributed by atoms with E-state index in [0.717, 1.165) is 26.1 Å². The van der Waals surface area contributed by atoms with Gasteiger partial charge in [-0.05, 0) is 25.9 Å². The average Bonchev–Trinajstić information content (AvgIpc) is 2.27. The number of hydrogen-bond acceptors (Lipinski definition) is 3. The van der Waals surface area contributed by atoms with Gasteiger partial charge in [0, 0.05) is 13.1 Å². The number of nitrogens with one attached hydrogen (secondary N) is 1. The van der Waals surface area contributed by atoms with Gasteiger partial charge in [-0.2, -0.15) is 0 Å². The molecule has 2 atom stereocenters. The van der Waals surface area contributed by atoms with E-state index in [1.807, 2.05) is 0 Å². The van der Waals surface area contributed by atoms with Crippen molar-refractivity contribution in [2.75, 3.05) is 26.7 Å². The maximum Gasteiger partial charge on any atom is 0.234 e. The number of primary amides is 1. The van der Waals surface area contributed by atoms with Gasteiger partial charge in [-0.25, -0.2) is 0 Å². The summed E-state index contributed by atoms with van der Waals surface area (Å²) in [6, 6.07) is -0.203. The maximum absolute atomic E-state index is 11.1. The summed E-state index contributed by atoms with van der Waals surface area (Å²) in [7, 11) is 1.78. The molecule has 0 aliphatic heterocycles. The van der Waals surface area contributed by atoms with Gasteiger partial charge in [-0.3, -0.25) is 4.79 Å². The normalized spacial score (nSPS) is 15.1. The fraction of sp³-hybridized carbons (Fsp3) is 0.917. The van der Waals surface area contributed by atoms with Crippen LogP contribution in [0.15, 0.2) is 0 Å². The van der Waals surface area contributed by atoms with Gasteiger partial charge in [0.25, 0.3) is 0 Å². The van der Waals surface area contributed by atoms with Crippen LogP contribution in [0.4, 0.5) is 0 Å². The minimum Gasteiger partial charge on any atom is -0.368 e. The summed E-state index contributed by atoms with van der Waals surface area (Å²) in [6.07, 6.45) is 1.98. The van der Waals surface area contributed by atoms with Crippen LogP contribution in [0.2, 0.25) is 0 Å². The Labute approximate surface area is 99.6 Å². The smallest absolute Gasteiger partial charge is 0.234 e. The van der Waals surface area contributed by atoms with E-state index >= 15 is 0 Å². The second-order valence-electron chi connectivity index (χ2n) is 4.44. The Balaban J connectivity index is 3.98. The van der Waals surface area contributed by atoms with Crippen LogP contribution in [0.5, 0.6) is 0 Å². The number of amides is 1. The molecule has 4 heteroatoms. The number of nitrogens with zero attached hydrogens (tertiary/aromatic N) is 1. The molecule has 0 rings (SSSR count). The van der Waals surface area contributed by atoms with Crippen molar-refractivity contribution >= 4 is 5.91 Å². The van der Waals surface area contributed by atoms with Crippen molar-refractivity contribution in [2.24, 2.45) is 11.7 Å². The summed E-state index contributed by atoms with van der Waals surface area (Å²) >= 11 is 0. The quantitative estimate of drug-likeness (QED) is 0.615. The molecule has 0 spiro atoms. The molecule has 0 aliphatic rings. The lowest BCUT2D eigenvalue weighted by molar-refractivity contribution is -0.120. The number of rotatable bonds is 9. The molecule has 2 unspecified atom stereocenters. The van der Waals surface area contributed by atoms with Gasteiger partial charge in [-0.1, -0.05) is 27.2 Å². The first kappa shape index (κ1) is 15.4. The second kappa shape index (κ2) is 8.53. The van der Waals surface area contributed by atoms with Crippen molar-refractivity contribution in [1.82, 2.24) is 10.2 Å². The van der Waals surface area contributed by atoms with Crippen LogP contribution in [0.1, 0.15) is 33.6 Å². The van der Waals surface area contributed by atoms with E-state index in [4.69, 9.17) is 5.73 Å². The summed E-state index contributed by atoms with van der Waals surface area (Å²) in [5.41, 5.74) is 5.28. The molecular weight excluding hydrogens is 202 g/mol. The van der Waals surface area contributed by atoms with E-state index in [2.05, 4.69) is 31.0 Å². The standard InChI is InChI=1S/C12H27N3O/c1-5-10(3)9-15(6-2)8-7-11(14-4)12(13)16/h10-11,14H,5-9H2,1-4H3,(H2,13,16). The van der Waals surface area contributed by atoms with Crippen molar-refractivity contribution < 1.29 is 4.79 Å². The van der Waals surface area contributed by atoms with Crippen molar-refractivity contribution in [3.05, 3.63) is 0 Å². The highest BCUT2D eigenvalue weighted by Gasteiger charge is 2.14. The van der Waals surface area contributed by atoms with Crippen molar-refractivity contribution in [3.8, 4) is 0 Å². The minimum atomic E-state index is -0.262. The molecule has 0 aromatic rings. The molecule has 16 heavy (non-hydrogen) atoms. The molecule has 1 amide bonds. The van der Waals surface area contributed by atoms with Gasteiger partial charge in [0.15, 0.2) is 0 Å². The fourth-order valence-electron chi connectivity index (χ4n) is 1.69. The highest BCUT2D eigenvalue weighted by Crippen LogP contribution is 2.05. The van der Waals surface area contributed by atoms with Crippen molar-refractivity contribution in [3.63, 3.8) is 0 Å². The van der Waals surface area contributed by atoms with E-state index in [0.29, 0.717) is 5.92 Å². The van der Waals surface area contributed by atoms with E-state index in [9.17, 15) is 4.79 Å². The molecule has 0 aliphatic carbocycles. The van der Waals surface area contributed by atoms with Crippen LogP contribution >= 0.6 is 0 Å². The topological polar surface area (TPSA) is 58.4 Å². The zero-order chi connectivity index (χ0) is 12.6. The molecule has 3 N–H and O–H groups in total. The molecule has 0 saturated carbocycles. The van der Waals surface area contributed by atoms with Gasteiger partial charge < -0.3 is 16.0 Å². The molecule has 0 fully saturated rings. The third kappa shape index (κ3) is 6.08. The van der Waals surface area contributed by atoms with Gasteiger partial charge in [0.1, 0.15) is 0 Å². The fourth-order valence-corrected chi connectivity index (χ4v) is 1.69. The Morgan fingerprint density at radius 2 is 2.06 bits per heavy atom. The maximum atomic E-state index is 11.1. The predicted molar refractivity (Wildman–Crippen MR) is 68.2 cm³/mol. The SMILES string of the molecule is CCC(C)CN(CC)CCC(NC)C(N)=O. The monoisotopic (exact) mass is 229 g/mol. The van der Waals surface area contributed by atoms with Gasteiger partial charge in [0.05, 0.1) is 6.04 Å². The molecule has 0 aromatic heterocycles. The van der Waals surface area contributed by atoms with Crippen LogP contribution in [0.3, 0.4) is 0 Å².